The summed E-state index contributed by atoms with van der Waals surface area (Å²) < 4.78 is 82.3. The summed E-state index contributed by atoms with van der Waals surface area (Å²) in [7, 11) is 0. The molecule has 0 aliphatic heterocycles. The number of hydrogen-bond acceptors (Lipinski definition) is 2. The first-order valence-electron chi connectivity index (χ1n) is 6.24. The zero-order chi connectivity index (χ0) is 17.7. The highest BCUT2D eigenvalue weighted by Gasteiger charge is 2.38. The molecule has 0 atom stereocenters. The molecule has 2 rings (SSSR count). The highest BCUT2D eigenvalue weighted by Crippen LogP contribution is 2.43. The van der Waals surface area contributed by atoms with Gasteiger partial charge < -0.3 is 0 Å². The summed E-state index contributed by atoms with van der Waals surface area (Å²) in [5, 5.41) is 0. The fraction of sp³-hybridized carbons (Fsp3) is 0.200. The van der Waals surface area contributed by atoms with E-state index >= 15 is 0 Å². The van der Waals surface area contributed by atoms with Crippen LogP contribution in [0.5, 0.6) is 0 Å². The topological polar surface area (TPSA) is 0 Å². The molecule has 0 heterocycles. The number of benzene rings is 2. The van der Waals surface area contributed by atoms with Gasteiger partial charge in [-0.3, -0.25) is 0 Å². The van der Waals surface area contributed by atoms with Gasteiger partial charge in [0.2, 0.25) is 0 Å². The van der Waals surface area contributed by atoms with E-state index in [1.165, 1.54) is 13.8 Å². The molecule has 0 bridgehead atoms. The standard InChI is InChI=1S/C15H10F6S2/c1-15(2,7-6(22)4-3-5(16)9(7)17)8-10(18)11(19)12(20)13(21)14(8)23/h3-4,22-23H,1-2H3. The van der Waals surface area contributed by atoms with Crippen LogP contribution >= 0.6 is 25.3 Å². The summed E-state index contributed by atoms with van der Waals surface area (Å²) in [5.41, 5.74) is -2.95. The summed E-state index contributed by atoms with van der Waals surface area (Å²) in [5.74, 6) is -10.1. The van der Waals surface area contributed by atoms with Gasteiger partial charge in [-0.2, -0.15) is 0 Å². The van der Waals surface area contributed by atoms with Gasteiger partial charge in [0.05, 0.1) is 4.90 Å². The van der Waals surface area contributed by atoms with Crippen LogP contribution in [0, 0.1) is 34.9 Å². The molecular weight excluding hydrogens is 358 g/mol. The van der Waals surface area contributed by atoms with E-state index in [0.29, 0.717) is 0 Å². The average molecular weight is 368 g/mol. The lowest BCUT2D eigenvalue weighted by Crippen LogP contribution is -2.26. The van der Waals surface area contributed by atoms with Crippen LogP contribution in [0.15, 0.2) is 21.9 Å². The smallest absolute Gasteiger partial charge is 0.198 e. The zero-order valence-electron chi connectivity index (χ0n) is 11.8. The molecule has 0 N–H and O–H groups in total. The summed E-state index contributed by atoms with van der Waals surface area (Å²) in [4.78, 5) is -0.894. The molecular formula is C15H10F6S2. The first-order valence-corrected chi connectivity index (χ1v) is 7.14. The Morgan fingerprint density at radius 1 is 0.696 bits per heavy atom. The minimum absolute atomic E-state index is 0.0637. The quantitative estimate of drug-likeness (QED) is 0.301. The maximum atomic E-state index is 14.2. The van der Waals surface area contributed by atoms with Gasteiger partial charge in [0.25, 0.3) is 0 Å². The first-order chi connectivity index (χ1) is 10.5. The van der Waals surface area contributed by atoms with Gasteiger partial charge in [-0.25, -0.2) is 26.3 Å². The van der Waals surface area contributed by atoms with Gasteiger partial charge in [-0.15, -0.1) is 25.3 Å². The monoisotopic (exact) mass is 368 g/mol. The second-order valence-corrected chi connectivity index (χ2v) is 6.29. The fourth-order valence-corrected chi connectivity index (χ4v) is 3.38. The minimum Gasteiger partial charge on any atom is -0.204 e. The molecule has 0 radical (unpaired) electrons. The van der Waals surface area contributed by atoms with E-state index in [4.69, 9.17) is 0 Å². The van der Waals surface area contributed by atoms with Gasteiger partial charge in [0, 0.05) is 21.4 Å². The molecule has 0 unspecified atom stereocenters. The molecule has 0 nitrogen and oxygen atoms in total. The largest absolute Gasteiger partial charge is 0.204 e. The van der Waals surface area contributed by atoms with Crippen molar-refractivity contribution in [3.8, 4) is 0 Å². The summed E-state index contributed by atoms with van der Waals surface area (Å²) in [6.45, 7) is 2.39. The fourth-order valence-electron chi connectivity index (χ4n) is 2.45. The Balaban J connectivity index is 2.89. The second kappa shape index (κ2) is 5.98. The van der Waals surface area contributed by atoms with E-state index in [0.717, 1.165) is 12.1 Å². The van der Waals surface area contributed by atoms with Crippen molar-refractivity contribution in [1.29, 1.82) is 0 Å². The predicted molar refractivity (Wildman–Crippen MR) is 79.3 cm³/mol. The van der Waals surface area contributed by atoms with E-state index in [1.54, 1.807) is 0 Å². The lowest BCUT2D eigenvalue weighted by Gasteiger charge is -2.30. The van der Waals surface area contributed by atoms with Crippen LogP contribution in [0.1, 0.15) is 25.0 Å². The molecule has 8 heteroatoms. The number of thiol groups is 2. The Labute approximate surface area is 139 Å². The maximum absolute atomic E-state index is 14.2. The van der Waals surface area contributed by atoms with Crippen LogP contribution in [-0.4, -0.2) is 0 Å². The molecule has 0 aromatic heterocycles. The van der Waals surface area contributed by atoms with Crippen LogP contribution in [-0.2, 0) is 5.41 Å². The molecule has 2 aromatic rings. The Hall–Kier alpha value is -1.28. The van der Waals surface area contributed by atoms with Crippen LogP contribution in [0.3, 0.4) is 0 Å². The SMILES string of the molecule is CC(C)(c1c(S)ccc(F)c1F)c1c(F)c(F)c(F)c(F)c1S. The molecule has 0 spiro atoms. The third-order valence-electron chi connectivity index (χ3n) is 3.57. The summed E-state index contributed by atoms with van der Waals surface area (Å²) in [6.07, 6.45) is 0. The zero-order valence-corrected chi connectivity index (χ0v) is 13.6. The van der Waals surface area contributed by atoms with Crippen molar-refractivity contribution in [2.24, 2.45) is 0 Å². The van der Waals surface area contributed by atoms with Crippen molar-refractivity contribution in [2.75, 3.05) is 0 Å². The molecule has 0 aliphatic rings. The third kappa shape index (κ3) is 2.71. The van der Waals surface area contributed by atoms with Crippen molar-refractivity contribution in [1.82, 2.24) is 0 Å². The van der Waals surface area contributed by atoms with E-state index < -0.39 is 56.3 Å². The first kappa shape index (κ1) is 18.1. The second-order valence-electron chi connectivity index (χ2n) is 5.36. The van der Waals surface area contributed by atoms with E-state index in [9.17, 15) is 26.3 Å². The third-order valence-corrected chi connectivity index (χ3v) is 4.36. The predicted octanol–water partition coefficient (Wildman–Crippen LogP) is 5.42. The van der Waals surface area contributed by atoms with Crippen molar-refractivity contribution in [3.63, 3.8) is 0 Å². The molecule has 2 aromatic carbocycles. The van der Waals surface area contributed by atoms with Gasteiger partial charge in [-0.1, -0.05) is 13.8 Å². The van der Waals surface area contributed by atoms with Crippen LogP contribution in [0.2, 0.25) is 0 Å². The minimum atomic E-state index is -2.05. The molecule has 0 saturated carbocycles. The Morgan fingerprint density at radius 2 is 1.22 bits per heavy atom. The van der Waals surface area contributed by atoms with Crippen molar-refractivity contribution in [3.05, 3.63) is 58.2 Å². The number of hydrogen-bond donors (Lipinski definition) is 2. The van der Waals surface area contributed by atoms with E-state index in [-0.39, 0.29) is 4.90 Å². The lowest BCUT2D eigenvalue weighted by molar-refractivity contribution is 0.376. The van der Waals surface area contributed by atoms with Gasteiger partial charge in [0.1, 0.15) is 0 Å². The number of rotatable bonds is 2. The molecule has 0 saturated heterocycles. The van der Waals surface area contributed by atoms with Gasteiger partial charge in [-0.05, 0) is 12.1 Å². The molecule has 124 valence electrons. The van der Waals surface area contributed by atoms with Crippen molar-refractivity contribution in [2.45, 2.75) is 29.1 Å². The van der Waals surface area contributed by atoms with Gasteiger partial charge in [0.15, 0.2) is 34.9 Å². The molecule has 23 heavy (non-hydrogen) atoms. The summed E-state index contributed by atoms with van der Waals surface area (Å²) >= 11 is 7.66. The average Bonchev–Trinajstić information content (AvgIpc) is 2.47. The normalized spacial score (nSPS) is 11.9. The Bertz CT molecular complexity index is 772. The van der Waals surface area contributed by atoms with Crippen LogP contribution < -0.4 is 0 Å². The highest BCUT2D eigenvalue weighted by molar-refractivity contribution is 7.80. The van der Waals surface area contributed by atoms with E-state index in [1.807, 2.05) is 0 Å². The molecule has 0 aliphatic carbocycles. The lowest BCUT2D eigenvalue weighted by atomic mass is 9.77. The maximum Gasteiger partial charge on any atom is 0.198 e. The molecule has 0 amide bonds. The summed E-state index contributed by atoms with van der Waals surface area (Å²) in [6, 6.07) is 1.92. The van der Waals surface area contributed by atoms with Crippen LogP contribution in [0.4, 0.5) is 26.3 Å². The van der Waals surface area contributed by atoms with Crippen molar-refractivity contribution >= 4 is 25.3 Å². The van der Waals surface area contributed by atoms with E-state index in [2.05, 4.69) is 25.3 Å². The molecule has 0 fully saturated rings. The van der Waals surface area contributed by atoms with Crippen molar-refractivity contribution < 1.29 is 26.3 Å². The Morgan fingerprint density at radius 3 is 1.78 bits per heavy atom. The van der Waals surface area contributed by atoms with Gasteiger partial charge >= 0.3 is 0 Å². The van der Waals surface area contributed by atoms with Crippen LogP contribution in [0.25, 0.3) is 0 Å². The Kier molecular flexibility index (Phi) is 4.69. The highest BCUT2D eigenvalue weighted by atomic mass is 32.1. The number of halogens is 6.